The Balaban J connectivity index is 1.79. The SMILES string of the molecule is NCCc1ccc(OCCn2cccn2)cn1. The van der Waals surface area contributed by atoms with Gasteiger partial charge in [0, 0.05) is 24.5 Å². The van der Waals surface area contributed by atoms with Crippen molar-refractivity contribution in [3.8, 4) is 5.75 Å². The Morgan fingerprint density at radius 1 is 1.35 bits per heavy atom. The van der Waals surface area contributed by atoms with E-state index in [1.165, 1.54) is 0 Å². The Hall–Kier alpha value is -1.88. The van der Waals surface area contributed by atoms with Crippen molar-refractivity contribution in [2.45, 2.75) is 13.0 Å². The molecule has 5 heteroatoms. The van der Waals surface area contributed by atoms with Gasteiger partial charge in [0.25, 0.3) is 0 Å². The van der Waals surface area contributed by atoms with Crippen LogP contribution in [0.4, 0.5) is 0 Å². The van der Waals surface area contributed by atoms with Gasteiger partial charge in [-0.15, -0.1) is 0 Å². The van der Waals surface area contributed by atoms with Crippen LogP contribution in [0.1, 0.15) is 5.69 Å². The van der Waals surface area contributed by atoms with E-state index in [0.29, 0.717) is 13.2 Å². The van der Waals surface area contributed by atoms with Gasteiger partial charge in [-0.1, -0.05) is 0 Å². The summed E-state index contributed by atoms with van der Waals surface area (Å²) in [6.07, 6.45) is 6.19. The second-order valence-electron chi connectivity index (χ2n) is 3.64. The zero-order valence-electron chi connectivity index (χ0n) is 9.62. The van der Waals surface area contributed by atoms with E-state index in [0.717, 1.165) is 24.4 Å². The average Bonchev–Trinajstić information content (AvgIpc) is 2.85. The highest BCUT2D eigenvalue weighted by Gasteiger charge is 1.97. The van der Waals surface area contributed by atoms with E-state index >= 15 is 0 Å². The average molecular weight is 232 g/mol. The van der Waals surface area contributed by atoms with E-state index < -0.39 is 0 Å². The van der Waals surface area contributed by atoms with Crippen LogP contribution < -0.4 is 10.5 Å². The van der Waals surface area contributed by atoms with Crippen molar-refractivity contribution in [1.29, 1.82) is 0 Å². The van der Waals surface area contributed by atoms with Crippen LogP contribution in [0.2, 0.25) is 0 Å². The Labute approximate surface area is 100 Å². The zero-order valence-corrected chi connectivity index (χ0v) is 9.62. The summed E-state index contributed by atoms with van der Waals surface area (Å²) in [5.74, 6) is 0.776. The number of aromatic nitrogens is 3. The predicted molar refractivity (Wildman–Crippen MR) is 64.7 cm³/mol. The van der Waals surface area contributed by atoms with Gasteiger partial charge in [-0.05, 0) is 24.7 Å². The Morgan fingerprint density at radius 3 is 2.94 bits per heavy atom. The summed E-state index contributed by atoms with van der Waals surface area (Å²) in [7, 11) is 0. The predicted octanol–water partition coefficient (Wildman–Crippen LogP) is 0.858. The highest BCUT2D eigenvalue weighted by atomic mass is 16.5. The van der Waals surface area contributed by atoms with E-state index in [2.05, 4.69) is 10.1 Å². The van der Waals surface area contributed by atoms with Gasteiger partial charge < -0.3 is 10.5 Å². The highest BCUT2D eigenvalue weighted by molar-refractivity contribution is 5.19. The van der Waals surface area contributed by atoms with Crippen LogP contribution in [0.25, 0.3) is 0 Å². The number of nitrogens with two attached hydrogens (primary N) is 1. The Bertz CT molecular complexity index is 424. The lowest BCUT2D eigenvalue weighted by atomic mass is 10.3. The van der Waals surface area contributed by atoms with E-state index in [-0.39, 0.29) is 0 Å². The van der Waals surface area contributed by atoms with Crippen molar-refractivity contribution < 1.29 is 4.74 Å². The first-order valence-electron chi connectivity index (χ1n) is 5.64. The van der Waals surface area contributed by atoms with Crippen molar-refractivity contribution in [1.82, 2.24) is 14.8 Å². The zero-order chi connectivity index (χ0) is 11.9. The maximum Gasteiger partial charge on any atom is 0.137 e. The molecule has 5 nitrogen and oxygen atoms in total. The van der Waals surface area contributed by atoms with E-state index in [1.54, 1.807) is 12.4 Å². The molecule has 2 N–H and O–H groups in total. The second-order valence-corrected chi connectivity index (χ2v) is 3.64. The maximum absolute atomic E-state index is 5.56. The summed E-state index contributed by atoms with van der Waals surface area (Å²) in [6.45, 7) is 1.93. The van der Waals surface area contributed by atoms with Gasteiger partial charge in [0.15, 0.2) is 0 Å². The second kappa shape index (κ2) is 6.00. The molecule has 0 aliphatic rings. The molecule has 90 valence electrons. The fraction of sp³-hybridized carbons (Fsp3) is 0.333. The van der Waals surface area contributed by atoms with Gasteiger partial charge in [-0.2, -0.15) is 5.10 Å². The number of ether oxygens (including phenoxy) is 1. The first-order chi connectivity index (χ1) is 8.38. The maximum atomic E-state index is 5.56. The van der Waals surface area contributed by atoms with Gasteiger partial charge in [-0.3, -0.25) is 9.67 Å². The van der Waals surface area contributed by atoms with Crippen molar-refractivity contribution in [3.05, 3.63) is 42.5 Å². The third-order valence-electron chi connectivity index (χ3n) is 2.35. The molecule has 0 atom stereocenters. The molecular weight excluding hydrogens is 216 g/mol. The minimum absolute atomic E-state index is 0.583. The molecule has 0 spiro atoms. The molecule has 0 aromatic carbocycles. The molecule has 2 rings (SSSR count). The quantitative estimate of drug-likeness (QED) is 0.802. The molecule has 0 saturated heterocycles. The van der Waals surface area contributed by atoms with Crippen LogP contribution in [-0.4, -0.2) is 27.9 Å². The minimum atomic E-state index is 0.583. The molecule has 17 heavy (non-hydrogen) atoms. The smallest absolute Gasteiger partial charge is 0.137 e. The van der Waals surface area contributed by atoms with Gasteiger partial charge in [0.05, 0.1) is 12.7 Å². The number of hydrogen-bond donors (Lipinski definition) is 1. The van der Waals surface area contributed by atoms with Crippen LogP contribution in [0, 0.1) is 0 Å². The largest absolute Gasteiger partial charge is 0.490 e. The first-order valence-corrected chi connectivity index (χ1v) is 5.64. The normalized spacial score (nSPS) is 10.4. The van der Waals surface area contributed by atoms with Crippen LogP contribution in [-0.2, 0) is 13.0 Å². The van der Waals surface area contributed by atoms with Crippen LogP contribution in [0.3, 0.4) is 0 Å². The summed E-state index contributed by atoms with van der Waals surface area (Å²) in [5, 5.41) is 4.09. The minimum Gasteiger partial charge on any atom is -0.490 e. The van der Waals surface area contributed by atoms with Crippen molar-refractivity contribution in [2.75, 3.05) is 13.2 Å². The number of pyridine rings is 1. The van der Waals surface area contributed by atoms with Crippen molar-refractivity contribution in [2.24, 2.45) is 5.73 Å². The summed E-state index contributed by atoms with van der Waals surface area (Å²) in [5.41, 5.74) is 6.44. The van der Waals surface area contributed by atoms with Gasteiger partial charge in [0.2, 0.25) is 0 Å². The third kappa shape index (κ3) is 3.57. The summed E-state index contributed by atoms with van der Waals surface area (Å²) in [4.78, 5) is 4.26. The monoisotopic (exact) mass is 232 g/mol. The fourth-order valence-corrected chi connectivity index (χ4v) is 1.48. The summed E-state index contributed by atoms with van der Waals surface area (Å²) >= 11 is 0. The lowest BCUT2D eigenvalue weighted by Crippen LogP contribution is -2.09. The molecule has 0 aliphatic heterocycles. The molecule has 0 radical (unpaired) electrons. The lowest BCUT2D eigenvalue weighted by Gasteiger charge is -2.06. The van der Waals surface area contributed by atoms with Gasteiger partial charge >= 0.3 is 0 Å². The summed E-state index contributed by atoms with van der Waals surface area (Å²) in [6, 6.07) is 5.75. The fourth-order valence-electron chi connectivity index (χ4n) is 1.48. The first kappa shape index (κ1) is 11.6. The molecule has 0 unspecified atom stereocenters. The molecule has 2 heterocycles. The topological polar surface area (TPSA) is 66.0 Å². The standard InChI is InChI=1S/C12H16N4O/c13-5-4-11-2-3-12(10-14-11)17-9-8-16-7-1-6-15-16/h1-3,6-7,10H,4-5,8-9,13H2. The van der Waals surface area contributed by atoms with Gasteiger partial charge in [-0.25, -0.2) is 0 Å². The molecule has 0 saturated carbocycles. The molecule has 2 aromatic heterocycles. The van der Waals surface area contributed by atoms with Crippen LogP contribution in [0.15, 0.2) is 36.8 Å². The van der Waals surface area contributed by atoms with Crippen LogP contribution in [0.5, 0.6) is 5.75 Å². The summed E-state index contributed by atoms with van der Waals surface area (Å²) < 4.78 is 7.39. The molecular formula is C12H16N4O. The molecule has 0 fully saturated rings. The van der Waals surface area contributed by atoms with Crippen LogP contribution >= 0.6 is 0 Å². The Kier molecular flexibility index (Phi) is 4.10. The Morgan fingerprint density at radius 2 is 2.29 bits per heavy atom. The van der Waals surface area contributed by atoms with E-state index in [1.807, 2.05) is 29.1 Å². The number of nitrogens with zero attached hydrogens (tertiary/aromatic N) is 3. The number of rotatable bonds is 6. The van der Waals surface area contributed by atoms with Crippen molar-refractivity contribution >= 4 is 0 Å². The lowest BCUT2D eigenvalue weighted by molar-refractivity contribution is 0.290. The molecule has 2 aromatic rings. The van der Waals surface area contributed by atoms with Gasteiger partial charge in [0.1, 0.15) is 12.4 Å². The highest BCUT2D eigenvalue weighted by Crippen LogP contribution is 2.09. The molecule has 0 aliphatic carbocycles. The molecule has 0 bridgehead atoms. The number of hydrogen-bond acceptors (Lipinski definition) is 4. The molecule has 0 amide bonds. The third-order valence-corrected chi connectivity index (χ3v) is 2.35. The van der Waals surface area contributed by atoms with E-state index in [4.69, 9.17) is 10.5 Å². The van der Waals surface area contributed by atoms with E-state index in [9.17, 15) is 0 Å². The van der Waals surface area contributed by atoms with Crippen molar-refractivity contribution in [3.63, 3.8) is 0 Å².